The number of alkyl carbamates (subject to hydrolysis) is 1. The molecule has 1 unspecified atom stereocenters. The van der Waals surface area contributed by atoms with Crippen LogP contribution in [0.3, 0.4) is 0 Å². The van der Waals surface area contributed by atoms with Gasteiger partial charge in [-0.15, -0.1) is 0 Å². The molecule has 0 aromatic rings. The van der Waals surface area contributed by atoms with Crippen LogP contribution < -0.4 is 5.32 Å². The minimum Gasteiger partial charge on any atom is -0.444 e. The highest BCUT2D eigenvalue weighted by Crippen LogP contribution is 2.08. The van der Waals surface area contributed by atoms with Gasteiger partial charge in [0.2, 0.25) is 0 Å². The molecule has 0 spiro atoms. The first-order valence-electron chi connectivity index (χ1n) is 5.18. The molecule has 0 heterocycles. The van der Waals surface area contributed by atoms with E-state index in [4.69, 9.17) is 4.74 Å². The second-order valence-corrected chi connectivity index (χ2v) is 4.93. The number of hydrogen-bond donors (Lipinski definition) is 1. The van der Waals surface area contributed by atoms with Crippen LogP contribution in [-0.2, 0) is 9.53 Å². The molecule has 0 fully saturated rings. The second kappa shape index (κ2) is 5.73. The molecule has 0 saturated carbocycles. The number of ether oxygens (including phenoxy) is 1. The van der Waals surface area contributed by atoms with E-state index in [9.17, 15) is 9.59 Å². The van der Waals surface area contributed by atoms with E-state index in [0.29, 0.717) is 6.54 Å². The summed E-state index contributed by atoms with van der Waals surface area (Å²) in [7, 11) is 0. The van der Waals surface area contributed by atoms with E-state index in [2.05, 4.69) is 5.32 Å². The molecule has 0 aromatic heterocycles. The van der Waals surface area contributed by atoms with Crippen LogP contribution in [0.25, 0.3) is 0 Å². The fraction of sp³-hybridized carbons (Fsp3) is 0.818. The summed E-state index contributed by atoms with van der Waals surface area (Å²) in [4.78, 5) is 21.9. The zero-order chi connectivity index (χ0) is 12.1. The third-order valence-electron chi connectivity index (χ3n) is 1.91. The predicted molar refractivity (Wildman–Crippen MR) is 58.6 cm³/mol. The van der Waals surface area contributed by atoms with E-state index in [0.717, 1.165) is 6.29 Å². The van der Waals surface area contributed by atoms with Crippen LogP contribution in [0, 0.1) is 11.8 Å². The van der Waals surface area contributed by atoms with Gasteiger partial charge in [-0.2, -0.15) is 0 Å². The molecule has 0 aliphatic heterocycles. The molecule has 15 heavy (non-hydrogen) atoms. The number of amides is 1. The SMILES string of the molecule is CC(C)C(C=O)CNC(=O)OC(C)(C)C. The molecule has 0 radical (unpaired) electrons. The minimum atomic E-state index is -0.501. The Labute approximate surface area is 91.4 Å². The van der Waals surface area contributed by atoms with Crippen molar-refractivity contribution in [2.24, 2.45) is 11.8 Å². The first kappa shape index (κ1) is 13.9. The van der Waals surface area contributed by atoms with Crippen LogP contribution in [0.1, 0.15) is 34.6 Å². The zero-order valence-electron chi connectivity index (χ0n) is 10.2. The Morgan fingerprint density at radius 2 is 1.93 bits per heavy atom. The Hall–Kier alpha value is -1.06. The van der Waals surface area contributed by atoms with Crippen molar-refractivity contribution in [3.63, 3.8) is 0 Å². The van der Waals surface area contributed by atoms with E-state index in [1.165, 1.54) is 0 Å². The highest BCUT2D eigenvalue weighted by molar-refractivity contribution is 5.68. The van der Waals surface area contributed by atoms with Gasteiger partial charge in [-0.05, 0) is 26.7 Å². The molecular weight excluding hydrogens is 194 g/mol. The number of hydrogen-bond acceptors (Lipinski definition) is 3. The van der Waals surface area contributed by atoms with Crippen molar-refractivity contribution >= 4 is 12.4 Å². The van der Waals surface area contributed by atoms with E-state index >= 15 is 0 Å². The Balaban J connectivity index is 3.94. The number of nitrogens with one attached hydrogen (secondary N) is 1. The molecule has 1 N–H and O–H groups in total. The average molecular weight is 215 g/mol. The molecule has 1 amide bonds. The summed E-state index contributed by atoms with van der Waals surface area (Å²) in [6, 6.07) is 0. The first-order valence-corrected chi connectivity index (χ1v) is 5.18. The molecule has 0 bridgehead atoms. The summed E-state index contributed by atoms with van der Waals surface area (Å²) in [5.41, 5.74) is -0.501. The summed E-state index contributed by atoms with van der Waals surface area (Å²) < 4.78 is 5.05. The van der Waals surface area contributed by atoms with Crippen molar-refractivity contribution in [2.75, 3.05) is 6.54 Å². The van der Waals surface area contributed by atoms with E-state index in [1.54, 1.807) is 20.8 Å². The number of carbonyl (C=O) groups is 2. The molecule has 0 saturated heterocycles. The summed E-state index contributed by atoms with van der Waals surface area (Å²) in [6.07, 6.45) is 0.386. The largest absolute Gasteiger partial charge is 0.444 e. The van der Waals surface area contributed by atoms with Gasteiger partial charge in [0, 0.05) is 12.5 Å². The highest BCUT2D eigenvalue weighted by Gasteiger charge is 2.18. The van der Waals surface area contributed by atoms with Crippen LogP contribution in [-0.4, -0.2) is 24.5 Å². The molecule has 0 aliphatic carbocycles. The highest BCUT2D eigenvalue weighted by atomic mass is 16.6. The Morgan fingerprint density at radius 1 is 1.40 bits per heavy atom. The van der Waals surface area contributed by atoms with Crippen molar-refractivity contribution in [1.29, 1.82) is 0 Å². The molecule has 4 nitrogen and oxygen atoms in total. The number of rotatable bonds is 4. The third kappa shape index (κ3) is 6.94. The lowest BCUT2D eigenvalue weighted by atomic mass is 9.98. The van der Waals surface area contributed by atoms with Gasteiger partial charge in [0.25, 0.3) is 0 Å². The third-order valence-corrected chi connectivity index (χ3v) is 1.91. The van der Waals surface area contributed by atoms with Crippen molar-refractivity contribution in [2.45, 2.75) is 40.2 Å². The molecular formula is C11H21NO3. The normalized spacial score (nSPS) is 13.5. The first-order chi connectivity index (χ1) is 6.76. The standard InChI is InChI=1S/C11H21NO3/c1-8(2)9(7-13)6-12-10(14)15-11(3,4)5/h7-9H,6H2,1-5H3,(H,12,14). The fourth-order valence-electron chi connectivity index (χ4n) is 0.956. The van der Waals surface area contributed by atoms with Crippen molar-refractivity contribution in [3.8, 4) is 0 Å². The maximum Gasteiger partial charge on any atom is 0.407 e. The zero-order valence-corrected chi connectivity index (χ0v) is 10.2. The predicted octanol–water partition coefficient (Wildman–Crippen LogP) is 1.98. The maximum atomic E-state index is 11.3. The molecule has 0 aliphatic rings. The maximum absolute atomic E-state index is 11.3. The smallest absolute Gasteiger partial charge is 0.407 e. The molecule has 4 heteroatoms. The molecule has 1 atom stereocenters. The van der Waals surface area contributed by atoms with Crippen LogP contribution >= 0.6 is 0 Å². The molecule has 0 aromatic carbocycles. The lowest BCUT2D eigenvalue weighted by molar-refractivity contribution is -0.112. The van der Waals surface area contributed by atoms with Crippen molar-refractivity contribution in [1.82, 2.24) is 5.32 Å². The average Bonchev–Trinajstić information content (AvgIpc) is 2.01. The summed E-state index contributed by atoms with van der Waals surface area (Å²) in [5, 5.41) is 2.58. The Morgan fingerprint density at radius 3 is 2.27 bits per heavy atom. The van der Waals surface area contributed by atoms with Crippen LogP contribution in [0.15, 0.2) is 0 Å². The molecule has 88 valence electrons. The van der Waals surface area contributed by atoms with Gasteiger partial charge in [-0.3, -0.25) is 0 Å². The van der Waals surface area contributed by atoms with Crippen LogP contribution in [0.2, 0.25) is 0 Å². The van der Waals surface area contributed by atoms with Gasteiger partial charge in [-0.25, -0.2) is 4.79 Å². The van der Waals surface area contributed by atoms with Gasteiger partial charge in [0.1, 0.15) is 11.9 Å². The Bertz CT molecular complexity index is 218. The lowest BCUT2D eigenvalue weighted by Gasteiger charge is -2.21. The summed E-state index contributed by atoms with van der Waals surface area (Å²) in [5.74, 6) is 0.0648. The van der Waals surface area contributed by atoms with Gasteiger partial charge in [-0.1, -0.05) is 13.8 Å². The Kier molecular flexibility index (Phi) is 5.33. The van der Waals surface area contributed by atoms with Gasteiger partial charge >= 0.3 is 6.09 Å². The van der Waals surface area contributed by atoms with E-state index in [1.807, 2.05) is 13.8 Å². The monoisotopic (exact) mass is 215 g/mol. The number of aldehydes is 1. The summed E-state index contributed by atoms with van der Waals surface area (Å²) in [6.45, 7) is 9.60. The summed E-state index contributed by atoms with van der Waals surface area (Å²) >= 11 is 0. The second-order valence-electron chi connectivity index (χ2n) is 4.93. The van der Waals surface area contributed by atoms with Gasteiger partial charge < -0.3 is 14.8 Å². The van der Waals surface area contributed by atoms with Gasteiger partial charge in [0.05, 0.1) is 0 Å². The fourth-order valence-corrected chi connectivity index (χ4v) is 0.956. The quantitative estimate of drug-likeness (QED) is 0.729. The number of carbonyl (C=O) groups excluding carboxylic acids is 2. The van der Waals surface area contributed by atoms with Crippen molar-refractivity contribution in [3.05, 3.63) is 0 Å². The minimum absolute atomic E-state index is 0.155. The van der Waals surface area contributed by atoms with Crippen LogP contribution in [0.4, 0.5) is 4.79 Å². The van der Waals surface area contributed by atoms with E-state index in [-0.39, 0.29) is 11.8 Å². The van der Waals surface area contributed by atoms with Crippen LogP contribution in [0.5, 0.6) is 0 Å². The van der Waals surface area contributed by atoms with Crippen molar-refractivity contribution < 1.29 is 14.3 Å². The van der Waals surface area contributed by atoms with E-state index < -0.39 is 11.7 Å². The molecule has 0 rings (SSSR count). The lowest BCUT2D eigenvalue weighted by Crippen LogP contribution is -2.36. The topological polar surface area (TPSA) is 55.4 Å². The van der Waals surface area contributed by atoms with Gasteiger partial charge in [0.15, 0.2) is 0 Å².